The van der Waals surface area contributed by atoms with Gasteiger partial charge < -0.3 is 9.84 Å². The second-order valence-electron chi connectivity index (χ2n) is 6.95. The number of ether oxygens (including phenoxy) is 1. The third kappa shape index (κ3) is 3.94. The molecular weight excluding hydrogens is 419 g/mol. The van der Waals surface area contributed by atoms with Crippen LogP contribution in [0.3, 0.4) is 0 Å². The number of nitrogens with zero attached hydrogens (tertiary/aromatic N) is 2. The highest BCUT2D eigenvalue weighted by molar-refractivity contribution is 7.07. The van der Waals surface area contributed by atoms with Gasteiger partial charge in [-0.3, -0.25) is 9.36 Å². The number of phenols is 1. The minimum Gasteiger partial charge on any atom is -0.508 e. The number of carbonyl (C=O) groups excluding carboxylic acids is 1. The van der Waals surface area contributed by atoms with Gasteiger partial charge in [0.2, 0.25) is 0 Å². The number of aromatic nitrogens is 1. The van der Waals surface area contributed by atoms with Gasteiger partial charge >= 0.3 is 5.97 Å². The summed E-state index contributed by atoms with van der Waals surface area (Å²) in [5.74, 6) is -0.898. The number of thiazole rings is 1. The largest absolute Gasteiger partial charge is 0.508 e. The van der Waals surface area contributed by atoms with Crippen molar-refractivity contribution in [2.45, 2.75) is 19.9 Å². The highest BCUT2D eigenvalue weighted by Gasteiger charge is 2.33. The van der Waals surface area contributed by atoms with Gasteiger partial charge in [-0.1, -0.05) is 35.6 Å². The van der Waals surface area contributed by atoms with Crippen molar-refractivity contribution in [3.63, 3.8) is 0 Å². The van der Waals surface area contributed by atoms with Gasteiger partial charge in [0.1, 0.15) is 11.6 Å². The fourth-order valence-electron chi connectivity index (χ4n) is 3.52. The van der Waals surface area contributed by atoms with Crippen LogP contribution in [0, 0.1) is 5.82 Å². The molecule has 1 aromatic heterocycles. The number of hydrogen-bond donors (Lipinski definition) is 1. The van der Waals surface area contributed by atoms with E-state index in [1.165, 1.54) is 28.0 Å². The average molecular weight is 438 g/mol. The molecule has 0 fully saturated rings. The highest BCUT2D eigenvalue weighted by atomic mass is 32.1. The number of hydrogen-bond acceptors (Lipinski definition) is 6. The molecule has 2 aromatic carbocycles. The van der Waals surface area contributed by atoms with Gasteiger partial charge in [0.25, 0.3) is 5.56 Å². The molecule has 2 heterocycles. The van der Waals surface area contributed by atoms with Crippen LogP contribution in [0.15, 0.2) is 69.6 Å². The van der Waals surface area contributed by atoms with Crippen molar-refractivity contribution in [3.8, 4) is 5.75 Å². The summed E-state index contributed by atoms with van der Waals surface area (Å²) >= 11 is 1.18. The number of carbonyl (C=O) groups is 1. The van der Waals surface area contributed by atoms with E-state index in [0.29, 0.717) is 26.2 Å². The molecule has 4 rings (SSSR count). The SMILES string of the molecule is CCOC(=O)C1=C(C)N=c2s/c(=C\c3cccc(O)c3)c(=O)n2[C@H]1c1ccc(F)cc1. The van der Waals surface area contributed by atoms with E-state index in [4.69, 9.17) is 4.74 Å². The minimum absolute atomic E-state index is 0.0890. The quantitative estimate of drug-likeness (QED) is 0.635. The molecule has 1 N–H and O–H groups in total. The molecule has 0 aliphatic carbocycles. The summed E-state index contributed by atoms with van der Waals surface area (Å²) in [6.45, 7) is 3.56. The van der Waals surface area contributed by atoms with Gasteiger partial charge in [0, 0.05) is 0 Å². The molecule has 31 heavy (non-hydrogen) atoms. The van der Waals surface area contributed by atoms with Gasteiger partial charge in [-0.2, -0.15) is 0 Å². The zero-order valence-electron chi connectivity index (χ0n) is 16.8. The molecular formula is C23H19FN2O4S. The number of aromatic hydroxyl groups is 1. The Morgan fingerprint density at radius 3 is 2.71 bits per heavy atom. The molecule has 0 amide bonds. The van der Waals surface area contributed by atoms with Crippen molar-refractivity contribution in [1.82, 2.24) is 4.57 Å². The first-order valence-corrected chi connectivity index (χ1v) is 10.4. The Kier molecular flexibility index (Phi) is 5.56. The first kappa shape index (κ1) is 20.7. The van der Waals surface area contributed by atoms with Crippen molar-refractivity contribution in [2.75, 3.05) is 6.61 Å². The van der Waals surface area contributed by atoms with Crippen LogP contribution in [0.1, 0.15) is 31.0 Å². The molecule has 1 atom stereocenters. The molecule has 0 saturated carbocycles. The fourth-order valence-corrected chi connectivity index (χ4v) is 4.56. The number of allylic oxidation sites excluding steroid dienone is 1. The lowest BCUT2D eigenvalue weighted by molar-refractivity contribution is -0.139. The van der Waals surface area contributed by atoms with Crippen molar-refractivity contribution in [3.05, 3.63) is 96.4 Å². The number of fused-ring (bicyclic) bond motifs is 1. The molecule has 0 unspecified atom stereocenters. The lowest BCUT2D eigenvalue weighted by atomic mass is 9.96. The van der Waals surface area contributed by atoms with Gasteiger partial charge in [-0.05, 0) is 55.3 Å². The van der Waals surface area contributed by atoms with Crippen molar-refractivity contribution in [1.29, 1.82) is 0 Å². The Labute approximate surface area is 180 Å². The van der Waals surface area contributed by atoms with Gasteiger partial charge in [0.15, 0.2) is 4.80 Å². The molecule has 0 radical (unpaired) electrons. The van der Waals surface area contributed by atoms with Crippen LogP contribution >= 0.6 is 11.3 Å². The average Bonchev–Trinajstić information content (AvgIpc) is 3.02. The maximum Gasteiger partial charge on any atom is 0.338 e. The molecule has 0 saturated heterocycles. The Bertz CT molecular complexity index is 1370. The molecule has 0 bridgehead atoms. The summed E-state index contributed by atoms with van der Waals surface area (Å²) < 4.78 is 20.6. The van der Waals surface area contributed by atoms with Crippen LogP contribution in [-0.2, 0) is 9.53 Å². The van der Waals surface area contributed by atoms with Crippen LogP contribution < -0.4 is 14.9 Å². The van der Waals surface area contributed by atoms with Gasteiger partial charge in [-0.15, -0.1) is 0 Å². The molecule has 6 nitrogen and oxygen atoms in total. The van der Waals surface area contributed by atoms with E-state index < -0.39 is 17.8 Å². The summed E-state index contributed by atoms with van der Waals surface area (Å²) in [4.78, 5) is 31.0. The van der Waals surface area contributed by atoms with Crippen molar-refractivity contribution in [2.24, 2.45) is 4.99 Å². The third-order valence-corrected chi connectivity index (χ3v) is 5.85. The fraction of sp³-hybridized carbons (Fsp3) is 0.174. The van der Waals surface area contributed by atoms with E-state index in [2.05, 4.69) is 4.99 Å². The molecule has 8 heteroatoms. The minimum atomic E-state index is -0.790. The van der Waals surface area contributed by atoms with Gasteiger partial charge in [-0.25, -0.2) is 14.2 Å². The number of halogens is 1. The van der Waals surface area contributed by atoms with Crippen LogP contribution in [0.5, 0.6) is 5.75 Å². The van der Waals surface area contributed by atoms with Crippen LogP contribution in [0.2, 0.25) is 0 Å². The summed E-state index contributed by atoms with van der Waals surface area (Å²) in [5.41, 5.74) is 1.58. The summed E-state index contributed by atoms with van der Waals surface area (Å²) in [5, 5.41) is 9.71. The molecule has 0 spiro atoms. The van der Waals surface area contributed by atoms with Crippen molar-refractivity contribution < 1.29 is 19.0 Å². The zero-order valence-corrected chi connectivity index (χ0v) is 17.6. The number of rotatable bonds is 4. The topological polar surface area (TPSA) is 80.9 Å². The maximum atomic E-state index is 13.5. The Morgan fingerprint density at radius 2 is 2.03 bits per heavy atom. The first-order chi connectivity index (χ1) is 14.9. The van der Waals surface area contributed by atoms with E-state index in [1.54, 1.807) is 56.3 Å². The van der Waals surface area contributed by atoms with Crippen LogP contribution in [0.4, 0.5) is 4.39 Å². The molecule has 158 valence electrons. The standard InChI is InChI=1S/C23H19FN2O4S/c1-3-30-22(29)19-13(2)25-23-26(20(19)15-7-9-16(24)10-8-15)21(28)18(31-23)12-14-5-4-6-17(27)11-14/h4-12,20,27H,3H2,1-2H3/b18-12-/t20-/m0/s1. The smallest absolute Gasteiger partial charge is 0.338 e. The number of esters is 1. The Morgan fingerprint density at radius 1 is 1.29 bits per heavy atom. The van der Waals surface area contributed by atoms with Crippen molar-refractivity contribution >= 4 is 23.4 Å². The highest BCUT2D eigenvalue weighted by Crippen LogP contribution is 2.30. The maximum absolute atomic E-state index is 13.5. The van der Waals surface area contributed by atoms with Crippen LogP contribution in [0.25, 0.3) is 6.08 Å². The summed E-state index contributed by atoms with van der Waals surface area (Å²) in [6, 6.07) is 11.4. The lowest BCUT2D eigenvalue weighted by Crippen LogP contribution is -2.39. The lowest BCUT2D eigenvalue weighted by Gasteiger charge is -2.24. The van der Waals surface area contributed by atoms with E-state index >= 15 is 0 Å². The van der Waals surface area contributed by atoms with Crippen LogP contribution in [-0.4, -0.2) is 22.2 Å². The molecule has 1 aliphatic heterocycles. The summed E-state index contributed by atoms with van der Waals surface area (Å²) in [7, 11) is 0. The Balaban J connectivity index is 1.96. The Hall–Kier alpha value is -3.52. The van der Waals surface area contributed by atoms with E-state index in [9.17, 15) is 19.1 Å². The van der Waals surface area contributed by atoms with E-state index in [-0.39, 0.29) is 23.5 Å². The number of benzene rings is 2. The second kappa shape index (κ2) is 8.31. The molecule has 1 aliphatic rings. The van der Waals surface area contributed by atoms with E-state index in [1.807, 2.05) is 0 Å². The number of phenolic OH excluding ortho intramolecular Hbond substituents is 1. The second-order valence-corrected chi connectivity index (χ2v) is 7.96. The summed E-state index contributed by atoms with van der Waals surface area (Å²) in [6.07, 6.45) is 1.66. The van der Waals surface area contributed by atoms with E-state index in [0.717, 1.165) is 0 Å². The monoisotopic (exact) mass is 438 g/mol. The predicted molar refractivity (Wildman–Crippen MR) is 115 cm³/mol. The first-order valence-electron chi connectivity index (χ1n) is 9.63. The third-order valence-electron chi connectivity index (χ3n) is 4.87. The van der Waals surface area contributed by atoms with Gasteiger partial charge in [0.05, 0.1) is 28.5 Å². The molecule has 3 aromatic rings. The normalized spacial score (nSPS) is 16.1. The zero-order chi connectivity index (χ0) is 22.1. The predicted octanol–water partition coefficient (Wildman–Crippen LogP) is 2.64.